The van der Waals surface area contributed by atoms with Crippen LogP contribution in [0.5, 0.6) is 0 Å². The van der Waals surface area contributed by atoms with E-state index >= 15 is 0 Å². The summed E-state index contributed by atoms with van der Waals surface area (Å²) in [5.41, 5.74) is 0.542. The SMILES string of the molecule is C=C(NC)C(=O)CCCCCCCC=CCCCCCCCC. The maximum absolute atomic E-state index is 11.5. The third-order valence-electron chi connectivity index (χ3n) is 4.30. The zero-order valence-corrected chi connectivity index (χ0v) is 15.7. The molecule has 0 aromatic carbocycles. The molecule has 0 radical (unpaired) electrons. The monoisotopic (exact) mass is 321 g/mol. The molecule has 0 aromatic heterocycles. The van der Waals surface area contributed by atoms with Gasteiger partial charge < -0.3 is 5.32 Å². The van der Waals surface area contributed by atoms with Crippen LogP contribution in [-0.4, -0.2) is 12.8 Å². The number of likely N-dealkylation sites (N-methyl/N-ethyl adjacent to an activating group) is 1. The van der Waals surface area contributed by atoms with Crippen LogP contribution in [0.2, 0.25) is 0 Å². The molecule has 0 spiro atoms. The standard InChI is InChI=1S/C21H39NO/c1-4-5-6-7-8-9-10-11-12-13-14-15-16-17-18-19-21(23)20(2)22-3/h11-12,22H,2,4-10,13-19H2,1,3H3. The third kappa shape index (κ3) is 15.6. The number of hydrogen-bond donors (Lipinski definition) is 1. The van der Waals surface area contributed by atoms with Gasteiger partial charge in [-0.1, -0.05) is 77.0 Å². The van der Waals surface area contributed by atoms with Gasteiger partial charge in [-0.25, -0.2) is 0 Å². The van der Waals surface area contributed by atoms with E-state index in [1.54, 1.807) is 7.05 Å². The van der Waals surface area contributed by atoms with Gasteiger partial charge >= 0.3 is 0 Å². The van der Waals surface area contributed by atoms with Gasteiger partial charge in [0.25, 0.3) is 0 Å². The summed E-state index contributed by atoms with van der Waals surface area (Å²) >= 11 is 0. The molecule has 0 aliphatic carbocycles. The van der Waals surface area contributed by atoms with Crippen molar-refractivity contribution in [1.82, 2.24) is 5.32 Å². The molecule has 0 fully saturated rings. The molecular formula is C21H39NO. The maximum Gasteiger partial charge on any atom is 0.178 e. The Morgan fingerprint density at radius 3 is 1.83 bits per heavy atom. The minimum absolute atomic E-state index is 0.158. The summed E-state index contributed by atoms with van der Waals surface area (Å²) in [5.74, 6) is 0.158. The molecule has 0 atom stereocenters. The second kappa shape index (κ2) is 17.3. The van der Waals surface area contributed by atoms with Crippen LogP contribution in [0.25, 0.3) is 0 Å². The highest BCUT2D eigenvalue weighted by molar-refractivity contribution is 5.93. The van der Waals surface area contributed by atoms with Crippen molar-refractivity contribution >= 4 is 5.78 Å². The van der Waals surface area contributed by atoms with E-state index in [4.69, 9.17) is 0 Å². The van der Waals surface area contributed by atoms with Gasteiger partial charge in [0.1, 0.15) is 0 Å². The van der Waals surface area contributed by atoms with Crippen molar-refractivity contribution in [3.05, 3.63) is 24.4 Å². The Bertz CT molecular complexity index is 320. The fourth-order valence-electron chi connectivity index (χ4n) is 2.65. The Labute approximate surface area is 144 Å². The smallest absolute Gasteiger partial charge is 0.178 e. The lowest BCUT2D eigenvalue weighted by atomic mass is 10.1. The number of rotatable bonds is 17. The molecule has 134 valence electrons. The van der Waals surface area contributed by atoms with Crippen LogP contribution < -0.4 is 5.32 Å². The van der Waals surface area contributed by atoms with Crippen molar-refractivity contribution < 1.29 is 4.79 Å². The van der Waals surface area contributed by atoms with Crippen LogP contribution in [0, 0.1) is 0 Å². The fourth-order valence-corrected chi connectivity index (χ4v) is 2.65. The highest BCUT2D eigenvalue weighted by Gasteiger charge is 2.03. The van der Waals surface area contributed by atoms with Gasteiger partial charge in [-0.05, 0) is 32.1 Å². The number of nitrogens with one attached hydrogen (secondary N) is 1. The topological polar surface area (TPSA) is 29.1 Å². The summed E-state index contributed by atoms with van der Waals surface area (Å²) < 4.78 is 0. The van der Waals surface area contributed by atoms with Gasteiger partial charge in [-0.2, -0.15) is 0 Å². The molecule has 0 bridgehead atoms. The van der Waals surface area contributed by atoms with Gasteiger partial charge in [-0.3, -0.25) is 4.79 Å². The van der Waals surface area contributed by atoms with Crippen molar-refractivity contribution in [3.63, 3.8) is 0 Å². The average Bonchev–Trinajstić information content (AvgIpc) is 2.57. The zero-order valence-electron chi connectivity index (χ0n) is 15.7. The van der Waals surface area contributed by atoms with E-state index in [1.165, 1.54) is 70.6 Å². The number of hydrogen-bond acceptors (Lipinski definition) is 2. The largest absolute Gasteiger partial charge is 0.386 e. The van der Waals surface area contributed by atoms with E-state index in [2.05, 4.69) is 31.0 Å². The van der Waals surface area contributed by atoms with E-state index in [9.17, 15) is 4.79 Å². The summed E-state index contributed by atoms with van der Waals surface area (Å²) in [5, 5.41) is 2.82. The van der Waals surface area contributed by atoms with Gasteiger partial charge in [0, 0.05) is 13.5 Å². The number of allylic oxidation sites excluding steroid dienone is 3. The summed E-state index contributed by atoms with van der Waals surface area (Å²) in [6, 6.07) is 0. The van der Waals surface area contributed by atoms with Crippen LogP contribution in [0.4, 0.5) is 0 Å². The minimum atomic E-state index is 0.158. The highest BCUT2D eigenvalue weighted by Crippen LogP contribution is 2.10. The predicted octanol–water partition coefficient (Wildman–Crippen LogP) is 6.33. The highest BCUT2D eigenvalue weighted by atomic mass is 16.1. The zero-order chi connectivity index (χ0) is 17.2. The Balaban J connectivity index is 3.22. The lowest BCUT2D eigenvalue weighted by Crippen LogP contribution is -2.14. The molecule has 0 aliphatic rings. The van der Waals surface area contributed by atoms with Crippen molar-refractivity contribution in [3.8, 4) is 0 Å². The molecule has 23 heavy (non-hydrogen) atoms. The first-order chi connectivity index (χ1) is 11.2. The first-order valence-electron chi connectivity index (χ1n) is 9.77. The van der Waals surface area contributed by atoms with Crippen molar-refractivity contribution in [2.75, 3.05) is 7.05 Å². The molecule has 0 saturated carbocycles. The summed E-state index contributed by atoms with van der Waals surface area (Å²) in [6.45, 7) is 5.96. The average molecular weight is 322 g/mol. The molecular weight excluding hydrogens is 282 g/mol. The fraction of sp³-hybridized carbons (Fsp3) is 0.762. The minimum Gasteiger partial charge on any atom is -0.386 e. The quantitative estimate of drug-likeness (QED) is 0.193. The second-order valence-corrected chi connectivity index (χ2v) is 6.49. The Kier molecular flexibility index (Phi) is 16.5. The molecule has 0 amide bonds. The predicted molar refractivity (Wildman–Crippen MR) is 103 cm³/mol. The molecule has 2 heteroatoms. The van der Waals surface area contributed by atoms with Crippen molar-refractivity contribution in [2.45, 2.75) is 96.8 Å². The van der Waals surface area contributed by atoms with E-state index in [-0.39, 0.29) is 5.78 Å². The van der Waals surface area contributed by atoms with Crippen molar-refractivity contribution in [1.29, 1.82) is 0 Å². The van der Waals surface area contributed by atoms with Crippen LogP contribution in [0.1, 0.15) is 96.8 Å². The molecule has 0 aliphatic heterocycles. The Morgan fingerprint density at radius 1 is 0.826 bits per heavy atom. The van der Waals surface area contributed by atoms with Gasteiger partial charge in [0.2, 0.25) is 0 Å². The molecule has 2 nitrogen and oxygen atoms in total. The maximum atomic E-state index is 11.5. The molecule has 0 aromatic rings. The molecule has 0 heterocycles. The summed E-state index contributed by atoms with van der Waals surface area (Å²) in [7, 11) is 1.75. The van der Waals surface area contributed by atoms with E-state index in [0.717, 1.165) is 12.8 Å². The summed E-state index contributed by atoms with van der Waals surface area (Å²) in [6.07, 6.45) is 22.1. The number of carbonyl (C=O) groups excluding carboxylic acids is 1. The van der Waals surface area contributed by atoms with Crippen LogP contribution in [0.3, 0.4) is 0 Å². The lowest BCUT2D eigenvalue weighted by molar-refractivity contribution is -0.116. The number of Topliss-reactive ketones (excluding diaryl/α,β-unsaturated/α-hetero) is 1. The number of unbranched alkanes of at least 4 members (excludes halogenated alkanes) is 11. The van der Waals surface area contributed by atoms with Gasteiger partial charge in [0.15, 0.2) is 5.78 Å². The van der Waals surface area contributed by atoms with E-state index in [0.29, 0.717) is 12.1 Å². The Morgan fingerprint density at radius 2 is 1.30 bits per heavy atom. The summed E-state index contributed by atoms with van der Waals surface area (Å²) in [4.78, 5) is 11.5. The molecule has 0 rings (SSSR count). The first-order valence-corrected chi connectivity index (χ1v) is 9.77. The first kappa shape index (κ1) is 21.9. The lowest BCUT2D eigenvalue weighted by Gasteiger charge is -2.03. The van der Waals surface area contributed by atoms with Gasteiger partial charge in [-0.15, -0.1) is 0 Å². The second-order valence-electron chi connectivity index (χ2n) is 6.49. The molecule has 1 N–H and O–H groups in total. The van der Waals surface area contributed by atoms with Crippen LogP contribution >= 0.6 is 0 Å². The normalized spacial score (nSPS) is 11.0. The van der Waals surface area contributed by atoms with Crippen LogP contribution in [-0.2, 0) is 4.79 Å². The van der Waals surface area contributed by atoms with Crippen molar-refractivity contribution in [2.24, 2.45) is 0 Å². The molecule has 0 unspecified atom stereocenters. The van der Waals surface area contributed by atoms with E-state index < -0.39 is 0 Å². The van der Waals surface area contributed by atoms with E-state index in [1.807, 2.05) is 0 Å². The van der Waals surface area contributed by atoms with Crippen LogP contribution in [0.15, 0.2) is 24.4 Å². The van der Waals surface area contributed by atoms with Gasteiger partial charge in [0.05, 0.1) is 5.70 Å². The Hall–Kier alpha value is -1.05. The number of carbonyl (C=O) groups is 1. The third-order valence-corrected chi connectivity index (χ3v) is 4.30. The number of ketones is 1. The molecule has 0 saturated heterocycles.